The van der Waals surface area contributed by atoms with E-state index >= 15 is 0 Å². The Morgan fingerprint density at radius 2 is 1.97 bits per heavy atom. The van der Waals surface area contributed by atoms with Gasteiger partial charge >= 0.3 is 6.18 Å². The first kappa shape index (κ1) is 25.8. The number of aryl methyl sites for hydroxylation is 2. The summed E-state index contributed by atoms with van der Waals surface area (Å²) in [5.74, 6) is -1.45. The topological polar surface area (TPSA) is 121 Å². The third-order valence-corrected chi connectivity index (χ3v) is 7.63. The number of nitrogens with zero attached hydrogens (tertiary/aromatic N) is 5. The van der Waals surface area contributed by atoms with Crippen molar-refractivity contribution in [1.82, 2.24) is 24.5 Å². The molecule has 0 spiro atoms. The van der Waals surface area contributed by atoms with Crippen molar-refractivity contribution in [2.45, 2.75) is 46.5 Å². The van der Waals surface area contributed by atoms with Crippen molar-refractivity contribution in [3.8, 4) is 11.1 Å². The highest BCUT2D eigenvalue weighted by Crippen LogP contribution is 2.44. The summed E-state index contributed by atoms with van der Waals surface area (Å²) in [6.07, 6.45) is -1.66. The van der Waals surface area contributed by atoms with E-state index in [0.717, 1.165) is 6.07 Å². The van der Waals surface area contributed by atoms with Crippen LogP contribution in [0.5, 0.6) is 0 Å². The number of alkyl halides is 3. The van der Waals surface area contributed by atoms with E-state index < -0.39 is 29.7 Å². The first-order chi connectivity index (χ1) is 16.8. The van der Waals surface area contributed by atoms with Gasteiger partial charge in [0.2, 0.25) is 5.91 Å². The van der Waals surface area contributed by atoms with Gasteiger partial charge in [-0.25, -0.2) is 4.98 Å². The average Bonchev–Trinajstić information content (AvgIpc) is 3.47. The summed E-state index contributed by atoms with van der Waals surface area (Å²) in [4.78, 5) is 29.1. The number of hydrogen-bond acceptors (Lipinski definition) is 6. The number of nitrogens with one attached hydrogen (secondary N) is 1. The van der Waals surface area contributed by atoms with Crippen LogP contribution in [-0.4, -0.2) is 36.4 Å². The zero-order valence-corrected chi connectivity index (χ0v) is 22.0. The molecule has 4 aromatic heterocycles. The van der Waals surface area contributed by atoms with Crippen molar-refractivity contribution in [3.63, 3.8) is 0 Å². The molecule has 1 unspecified atom stereocenters. The number of primary amides is 1. The van der Waals surface area contributed by atoms with Crippen molar-refractivity contribution < 1.29 is 22.8 Å². The zero-order chi connectivity index (χ0) is 26.5. The Morgan fingerprint density at radius 3 is 2.50 bits per heavy atom. The molecule has 36 heavy (non-hydrogen) atoms. The van der Waals surface area contributed by atoms with Gasteiger partial charge < -0.3 is 11.1 Å². The summed E-state index contributed by atoms with van der Waals surface area (Å²) in [6, 6.07) is 0.0952. The third-order valence-electron chi connectivity index (χ3n) is 5.75. The summed E-state index contributed by atoms with van der Waals surface area (Å²) in [7, 11) is 0. The van der Waals surface area contributed by atoms with Crippen LogP contribution in [0.3, 0.4) is 0 Å². The normalized spacial score (nSPS) is 12.8. The van der Waals surface area contributed by atoms with Crippen molar-refractivity contribution in [2.75, 3.05) is 5.32 Å². The number of halogens is 4. The van der Waals surface area contributed by atoms with Crippen LogP contribution in [0.4, 0.5) is 18.9 Å². The predicted molar refractivity (Wildman–Crippen MR) is 133 cm³/mol. The fourth-order valence-corrected chi connectivity index (χ4v) is 5.08. The zero-order valence-electron chi connectivity index (χ0n) is 19.6. The SMILES string of the molecule is CCn1ncc(-c2cc(C(F)(F)F)nc3sc(C(N)=O)c(NC(=O)C(C)n4cc(Br)c(C)n4)c23)c1C. The quantitative estimate of drug-likeness (QED) is 0.328. The van der Waals surface area contributed by atoms with Crippen LogP contribution in [0.15, 0.2) is 22.9 Å². The maximum Gasteiger partial charge on any atom is 0.433 e. The van der Waals surface area contributed by atoms with E-state index in [4.69, 9.17) is 5.73 Å². The Bertz CT molecular complexity index is 1490. The Labute approximate surface area is 215 Å². The molecule has 14 heteroatoms. The molecule has 0 aliphatic carbocycles. The number of carbonyl (C=O) groups excluding carboxylic acids is 2. The van der Waals surface area contributed by atoms with Crippen LogP contribution in [0.1, 0.15) is 46.6 Å². The molecule has 2 amide bonds. The van der Waals surface area contributed by atoms with Crippen LogP contribution < -0.4 is 11.1 Å². The standard InChI is InChI=1S/C22H21BrF3N7O2S/c1-5-32-10(3)13(7-28-32)12-6-15(22(24,25)26)29-21-16(12)17(18(36-21)19(27)34)30-20(35)11(4)33-8-14(23)9(2)31-33/h6-8,11H,5H2,1-4H3,(H2,27,34)(H,30,35). The predicted octanol–water partition coefficient (Wildman–Crippen LogP) is 5.07. The molecule has 9 nitrogen and oxygen atoms in total. The van der Waals surface area contributed by atoms with E-state index in [0.29, 0.717) is 39.3 Å². The van der Waals surface area contributed by atoms with E-state index in [9.17, 15) is 22.8 Å². The Kier molecular flexibility index (Phi) is 6.68. The molecule has 4 heterocycles. The molecule has 190 valence electrons. The number of carbonyl (C=O) groups is 2. The second kappa shape index (κ2) is 9.32. The maximum atomic E-state index is 13.7. The van der Waals surface area contributed by atoms with E-state index in [2.05, 4.69) is 36.4 Å². The first-order valence-electron chi connectivity index (χ1n) is 10.7. The minimum absolute atomic E-state index is 0.00201. The van der Waals surface area contributed by atoms with E-state index in [-0.39, 0.29) is 26.3 Å². The molecule has 0 radical (unpaired) electrons. The second-order valence-corrected chi connectivity index (χ2v) is 9.92. The highest BCUT2D eigenvalue weighted by molar-refractivity contribution is 9.10. The number of amides is 2. The lowest BCUT2D eigenvalue weighted by Crippen LogP contribution is -2.25. The van der Waals surface area contributed by atoms with Crippen LogP contribution in [-0.2, 0) is 17.5 Å². The first-order valence-corrected chi connectivity index (χ1v) is 12.3. The fourth-order valence-electron chi connectivity index (χ4n) is 3.78. The molecule has 0 saturated carbocycles. The number of aromatic nitrogens is 5. The van der Waals surface area contributed by atoms with Gasteiger partial charge in [-0.2, -0.15) is 23.4 Å². The van der Waals surface area contributed by atoms with Gasteiger partial charge in [0.05, 0.1) is 22.1 Å². The average molecular weight is 584 g/mol. The van der Waals surface area contributed by atoms with Gasteiger partial charge in [-0.3, -0.25) is 19.0 Å². The molecule has 1 atom stereocenters. The number of nitrogens with two attached hydrogens (primary N) is 1. The van der Waals surface area contributed by atoms with Gasteiger partial charge in [0.25, 0.3) is 5.91 Å². The van der Waals surface area contributed by atoms with Crippen molar-refractivity contribution in [2.24, 2.45) is 5.73 Å². The molecule has 0 bridgehead atoms. The summed E-state index contributed by atoms with van der Waals surface area (Å²) >= 11 is 4.04. The van der Waals surface area contributed by atoms with Crippen LogP contribution in [0, 0.1) is 13.8 Å². The lowest BCUT2D eigenvalue weighted by atomic mass is 10.0. The van der Waals surface area contributed by atoms with Gasteiger partial charge in [0, 0.05) is 29.4 Å². The van der Waals surface area contributed by atoms with E-state index in [1.165, 1.54) is 10.9 Å². The van der Waals surface area contributed by atoms with Crippen LogP contribution in [0.2, 0.25) is 0 Å². The summed E-state index contributed by atoms with van der Waals surface area (Å²) < 4.78 is 45.0. The fraction of sp³-hybridized carbons (Fsp3) is 0.318. The van der Waals surface area contributed by atoms with Crippen molar-refractivity contribution in [1.29, 1.82) is 0 Å². The number of hydrogen-bond donors (Lipinski definition) is 2. The van der Waals surface area contributed by atoms with Gasteiger partial charge in [-0.15, -0.1) is 11.3 Å². The van der Waals surface area contributed by atoms with Crippen molar-refractivity contribution >= 4 is 55.0 Å². The molecule has 4 rings (SSSR count). The van der Waals surface area contributed by atoms with E-state index in [1.807, 2.05) is 6.92 Å². The van der Waals surface area contributed by atoms with Crippen LogP contribution in [0.25, 0.3) is 21.3 Å². The molecular weight excluding hydrogens is 563 g/mol. The lowest BCUT2D eigenvalue weighted by molar-refractivity contribution is -0.140. The smallest absolute Gasteiger partial charge is 0.365 e. The lowest BCUT2D eigenvalue weighted by Gasteiger charge is -2.15. The highest BCUT2D eigenvalue weighted by atomic mass is 79.9. The Hall–Kier alpha value is -3.26. The van der Waals surface area contributed by atoms with E-state index in [1.54, 1.807) is 31.6 Å². The Balaban J connectivity index is 1.94. The van der Waals surface area contributed by atoms with Crippen molar-refractivity contribution in [3.05, 3.63) is 44.9 Å². The van der Waals surface area contributed by atoms with Gasteiger partial charge in [-0.1, -0.05) is 0 Å². The third kappa shape index (κ3) is 4.50. The number of fused-ring (bicyclic) bond motifs is 1. The molecule has 0 aliphatic heterocycles. The van der Waals surface area contributed by atoms with Gasteiger partial charge in [0.15, 0.2) is 0 Å². The summed E-state index contributed by atoms with van der Waals surface area (Å²) in [6.45, 7) is 7.44. The molecule has 3 N–H and O–H groups in total. The van der Waals surface area contributed by atoms with Gasteiger partial charge in [-0.05, 0) is 55.3 Å². The minimum atomic E-state index is -4.74. The number of anilines is 1. The second-order valence-electron chi connectivity index (χ2n) is 8.07. The Morgan fingerprint density at radius 1 is 1.28 bits per heavy atom. The highest BCUT2D eigenvalue weighted by Gasteiger charge is 2.35. The summed E-state index contributed by atoms with van der Waals surface area (Å²) in [5, 5.41) is 11.4. The monoisotopic (exact) mass is 583 g/mol. The molecule has 0 fully saturated rings. The largest absolute Gasteiger partial charge is 0.433 e. The number of rotatable bonds is 6. The van der Waals surface area contributed by atoms with Gasteiger partial charge in [0.1, 0.15) is 21.4 Å². The molecule has 4 aromatic rings. The number of pyridine rings is 1. The molecular formula is C22H21BrF3N7O2S. The van der Waals surface area contributed by atoms with Crippen LogP contribution >= 0.6 is 27.3 Å². The minimum Gasteiger partial charge on any atom is -0.365 e. The molecule has 0 aliphatic rings. The maximum absolute atomic E-state index is 13.7. The molecule has 0 saturated heterocycles. The summed E-state index contributed by atoms with van der Waals surface area (Å²) in [5.41, 5.74) is 6.27. The molecule has 0 aromatic carbocycles. The number of thiophene rings is 1.